The van der Waals surface area contributed by atoms with Gasteiger partial charge in [-0.25, -0.2) is 4.39 Å². The third kappa shape index (κ3) is 5.99. The minimum atomic E-state index is -2.88. The van der Waals surface area contributed by atoms with Gasteiger partial charge in [-0.15, -0.1) is 0 Å². The Balaban J connectivity index is 1.49. The van der Waals surface area contributed by atoms with Gasteiger partial charge in [0.1, 0.15) is 11.6 Å². The van der Waals surface area contributed by atoms with Crippen molar-refractivity contribution in [2.24, 2.45) is 0 Å². The summed E-state index contributed by atoms with van der Waals surface area (Å²) in [5.41, 5.74) is 4.12. The molecule has 0 aromatic heterocycles. The Morgan fingerprint density at radius 3 is 2.06 bits per heavy atom. The molecule has 0 unspecified atom stereocenters. The molecule has 0 fully saturated rings. The van der Waals surface area contributed by atoms with E-state index in [0.717, 1.165) is 22.9 Å². The van der Waals surface area contributed by atoms with Gasteiger partial charge in [0.25, 0.3) is 0 Å². The number of aryl methyl sites for hydroxylation is 1. The lowest BCUT2D eigenvalue weighted by molar-refractivity contribution is -0.0498. The molecule has 0 saturated heterocycles. The van der Waals surface area contributed by atoms with Gasteiger partial charge >= 0.3 is 6.61 Å². The lowest BCUT2D eigenvalue weighted by Crippen LogP contribution is -2.01. The minimum Gasteiger partial charge on any atom is -0.435 e. The molecule has 0 aliphatic heterocycles. The van der Waals surface area contributed by atoms with Crippen molar-refractivity contribution in [2.75, 3.05) is 0 Å². The van der Waals surface area contributed by atoms with Crippen molar-refractivity contribution in [2.45, 2.75) is 52.1 Å². The van der Waals surface area contributed by atoms with Gasteiger partial charge in [0.2, 0.25) is 0 Å². The number of alkyl halides is 2. The minimum absolute atomic E-state index is 0.0478. The quantitative estimate of drug-likeness (QED) is 0.213. The molecule has 4 heteroatoms. The predicted molar refractivity (Wildman–Crippen MR) is 134 cm³/mol. The maximum Gasteiger partial charge on any atom is 0.387 e. The van der Waals surface area contributed by atoms with Crippen molar-refractivity contribution in [1.29, 1.82) is 0 Å². The summed E-state index contributed by atoms with van der Waals surface area (Å²) in [6.07, 6.45) is 7.48. The molecule has 176 valence electrons. The molecule has 0 spiro atoms. The molecule has 0 amide bonds. The van der Waals surface area contributed by atoms with Crippen LogP contribution in [0.25, 0.3) is 33.0 Å². The molecule has 0 radical (unpaired) electrons. The molecular weight excluding hydrogens is 433 g/mol. The van der Waals surface area contributed by atoms with Gasteiger partial charge in [-0.1, -0.05) is 87.2 Å². The molecule has 0 saturated carbocycles. The van der Waals surface area contributed by atoms with Crippen LogP contribution in [0, 0.1) is 5.82 Å². The van der Waals surface area contributed by atoms with Crippen molar-refractivity contribution in [3.63, 3.8) is 0 Å². The molecule has 0 atom stereocenters. The molecule has 34 heavy (non-hydrogen) atoms. The second kappa shape index (κ2) is 11.2. The van der Waals surface area contributed by atoms with Crippen molar-refractivity contribution >= 4 is 10.8 Å². The van der Waals surface area contributed by atoms with E-state index in [4.69, 9.17) is 0 Å². The summed E-state index contributed by atoms with van der Waals surface area (Å²) in [5, 5.41) is 2.32. The van der Waals surface area contributed by atoms with Gasteiger partial charge in [0.15, 0.2) is 0 Å². The molecule has 0 aliphatic rings. The lowest BCUT2D eigenvalue weighted by atomic mass is 9.96. The van der Waals surface area contributed by atoms with E-state index in [0.29, 0.717) is 11.1 Å². The van der Waals surface area contributed by atoms with Gasteiger partial charge in [0, 0.05) is 5.56 Å². The van der Waals surface area contributed by atoms with Gasteiger partial charge in [-0.2, -0.15) is 8.78 Å². The Hall–Kier alpha value is -3.27. The summed E-state index contributed by atoms with van der Waals surface area (Å²) in [7, 11) is 0. The van der Waals surface area contributed by atoms with E-state index in [2.05, 4.69) is 42.0 Å². The highest BCUT2D eigenvalue weighted by molar-refractivity contribution is 5.88. The number of hydrogen-bond acceptors (Lipinski definition) is 1. The van der Waals surface area contributed by atoms with Gasteiger partial charge in [-0.05, 0) is 70.1 Å². The van der Waals surface area contributed by atoms with E-state index < -0.39 is 6.61 Å². The van der Waals surface area contributed by atoms with E-state index in [1.165, 1.54) is 61.3 Å². The number of rotatable bonds is 10. The lowest BCUT2D eigenvalue weighted by Gasteiger charge is -2.10. The molecule has 4 rings (SSSR count). The molecule has 0 N–H and O–H groups in total. The fraction of sp³-hybridized carbons (Fsp3) is 0.267. The van der Waals surface area contributed by atoms with Crippen LogP contribution in [0.5, 0.6) is 5.75 Å². The Morgan fingerprint density at radius 2 is 1.32 bits per heavy atom. The largest absolute Gasteiger partial charge is 0.435 e. The average molecular weight is 463 g/mol. The van der Waals surface area contributed by atoms with Crippen LogP contribution in [0.3, 0.4) is 0 Å². The van der Waals surface area contributed by atoms with Crippen molar-refractivity contribution in [1.82, 2.24) is 0 Å². The van der Waals surface area contributed by atoms with Gasteiger partial charge in [0.05, 0.1) is 0 Å². The number of unbranched alkanes of at least 4 members (excludes halogenated alkanes) is 4. The summed E-state index contributed by atoms with van der Waals surface area (Å²) in [4.78, 5) is 0. The van der Waals surface area contributed by atoms with Crippen LogP contribution in [-0.2, 0) is 6.42 Å². The Labute approximate surface area is 199 Å². The maximum atomic E-state index is 14.9. The third-order valence-electron chi connectivity index (χ3n) is 6.17. The highest BCUT2D eigenvalue weighted by Gasteiger charge is 2.10. The summed E-state index contributed by atoms with van der Waals surface area (Å²) in [5.74, 6) is -0.315. The Bertz CT molecular complexity index is 1230. The first-order valence-electron chi connectivity index (χ1n) is 11.9. The zero-order chi connectivity index (χ0) is 23.9. The third-order valence-corrected chi connectivity index (χ3v) is 6.17. The van der Waals surface area contributed by atoms with Crippen LogP contribution in [0.1, 0.15) is 44.6 Å². The fourth-order valence-electron chi connectivity index (χ4n) is 4.31. The van der Waals surface area contributed by atoms with E-state index in [9.17, 15) is 13.2 Å². The predicted octanol–water partition coefficient (Wildman–Crippen LogP) is 9.43. The number of ether oxygens (including phenoxy) is 1. The molecule has 0 aliphatic carbocycles. The zero-order valence-electron chi connectivity index (χ0n) is 19.4. The second-order valence-electron chi connectivity index (χ2n) is 8.66. The Kier molecular flexibility index (Phi) is 7.89. The SMILES string of the molecule is CCCCCCCc1ccc2cc(-c3ccc(-c4ccc(OC(F)F)cc4)c(F)c3)ccc2c1. The van der Waals surface area contributed by atoms with Crippen LogP contribution in [-0.4, -0.2) is 6.61 Å². The smallest absolute Gasteiger partial charge is 0.387 e. The van der Waals surface area contributed by atoms with Crippen LogP contribution in [0.4, 0.5) is 13.2 Å². The Morgan fingerprint density at radius 1 is 0.676 bits per heavy atom. The molecule has 0 bridgehead atoms. The number of hydrogen-bond donors (Lipinski definition) is 0. The monoisotopic (exact) mass is 462 g/mol. The van der Waals surface area contributed by atoms with Crippen molar-refractivity contribution in [3.05, 3.63) is 90.2 Å². The topological polar surface area (TPSA) is 9.23 Å². The maximum absolute atomic E-state index is 14.9. The average Bonchev–Trinajstić information content (AvgIpc) is 2.84. The standard InChI is InChI=1S/C30H29F3O/c1-2-3-4-5-6-7-21-8-9-24-19-25(11-10-23(24)18-21)26-14-17-28(29(31)20-26)22-12-15-27(16-13-22)34-30(32)33/h8-20,30H,2-7H2,1H3. The molecule has 0 heterocycles. The van der Waals surface area contributed by atoms with E-state index in [1.807, 2.05) is 12.1 Å². The summed E-state index contributed by atoms with van der Waals surface area (Å²) >= 11 is 0. The van der Waals surface area contributed by atoms with E-state index in [1.54, 1.807) is 18.2 Å². The van der Waals surface area contributed by atoms with Gasteiger partial charge in [-0.3, -0.25) is 0 Å². The zero-order valence-corrected chi connectivity index (χ0v) is 19.4. The number of halogens is 3. The molecule has 1 nitrogen and oxygen atoms in total. The summed E-state index contributed by atoms with van der Waals surface area (Å²) in [6, 6.07) is 23.9. The number of fused-ring (bicyclic) bond motifs is 1. The second-order valence-corrected chi connectivity index (χ2v) is 8.66. The summed E-state index contributed by atoms with van der Waals surface area (Å²) in [6.45, 7) is -0.652. The first-order chi connectivity index (χ1) is 16.5. The molecule has 4 aromatic carbocycles. The fourth-order valence-corrected chi connectivity index (χ4v) is 4.31. The molecular formula is C30H29F3O. The first-order valence-corrected chi connectivity index (χ1v) is 11.9. The normalized spacial score (nSPS) is 11.3. The van der Waals surface area contributed by atoms with Gasteiger partial charge < -0.3 is 4.74 Å². The van der Waals surface area contributed by atoms with Crippen LogP contribution < -0.4 is 4.74 Å². The number of benzene rings is 4. The first kappa shape index (κ1) is 23.9. The van der Waals surface area contributed by atoms with Crippen molar-refractivity contribution < 1.29 is 17.9 Å². The van der Waals surface area contributed by atoms with Crippen LogP contribution >= 0.6 is 0 Å². The van der Waals surface area contributed by atoms with Crippen LogP contribution in [0.2, 0.25) is 0 Å². The van der Waals surface area contributed by atoms with E-state index in [-0.39, 0.29) is 11.6 Å². The van der Waals surface area contributed by atoms with Crippen LogP contribution in [0.15, 0.2) is 78.9 Å². The highest BCUT2D eigenvalue weighted by Crippen LogP contribution is 2.31. The highest BCUT2D eigenvalue weighted by atomic mass is 19.3. The molecule has 4 aromatic rings. The summed E-state index contributed by atoms with van der Waals surface area (Å²) < 4.78 is 44.0. The van der Waals surface area contributed by atoms with Crippen molar-refractivity contribution in [3.8, 4) is 28.0 Å². The van der Waals surface area contributed by atoms with E-state index >= 15 is 0 Å².